The Bertz CT molecular complexity index is 2500. The topological polar surface area (TPSA) is 8.17 Å². The van der Waals surface area contributed by atoms with Crippen LogP contribution in [0.5, 0.6) is 0 Å². The van der Waals surface area contributed by atoms with Crippen LogP contribution in [0, 0.1) is 0 Å². The highest BCUT2D eigenvalue weighted by molar-refractivity contribution is 8.00. The molecule has 51 heavy (non-hydrogen) atoms. The summed E-state index contributed by atoms with van der Waals surface area (Å²) in [6.45, 7) is 0. The van der Waals surface area contributed by atoms with Gasteiger partial charge in [-0.15, -0.1) is 11.8 Å². The third-order valence-corrected chi connectivity index (χ3v) is 13.2. The van der Waals surface area contributed by atoms with Crippen LogP contribution < -0.4 is 4.90 Å². The van der Waals surface area contributed by atoms with Gasteiger partial charge in [0.1, 0.15) is 0 Å². The highest BCUT2D eigenvalue weighted by Gasteiger charge is 2.40. The van der Waals surface area contributed by atoms with Crippen LogP contribution in [-0.2, 0) is 6.42 Å². The number of hydrogen-bond acceptors (Lipinski definition) is 2. The van der Waals surface area contributed by atoms with Crippen molar-refractivity contribution in [1.82, 2.24) is 4.57 Å². The van der Waals surface area contributed by atoms with Crippen LogP contribution in [0.4, 0.5) is 5.69 Å². The lowest BCUT2D eigenvalue weighted by Crippen LogP contribution is -2.21. The van der Waals surface area contributed by atoms with Gasteiger partial charge >= 0.3 is 0 Å². The Labute approximate surface area is 304 Å². The zero-order chi connectivity index (χ0) is 33.5. The van der Waals surface area contributed by atoms with Crippen molar-refractivity contribution >= 4 is 45.6 Å². The summed E-state index contributed by atoms with van der Waals surface area (Å²) in [4.78, 5) is 4.01. The van der Waals surface area contributed by atoms with E-state index in [1.165, 1.54) is 83.2 Å². The predicted octanol–water partition coefficient (Wildman–Crippen LogP) is 12.3. The number of allylic oxidation sites excluding steroid dienone is 12. The average Bonchev–Trinajstić information content (AvgIpc) is 3.85. The zero-order valence-corrected chi connectivity index (χ0v) is 29.3. The van der Waals surface area contributed by atoms with E-state index in [-0.39, 0.29) is 0 Å². The van der Waals surface area contributed by atoms with E-state index in [4.69, 9.17) is 0 Å². The molecule has 3 heteroatoms. The quantitative estimate of drug-likeness (QED) is 0.187. The minimum Gasteiger partial charge on any atom is -0.317 e. The Morgan fingerprint density at radius 1 is 0.706 bits per heavy atom. The monoisotopic (exact) mass is 674 g/mol. The second kappa shape index (κ2) is 11.6. The summed E-state index contributed by atoms with van der Waals surface area (Å²) in [6.07, 6.45) is 28.8. The molecule has 6 aliphatic rings. The van der Waals surface area contributed by atoms with Crippen molar-refractivity contribution < 1.29 is 0 Å². The van der Waals surface area contributed by atoms with Crippen molar-refractivity contribution in [3.05, 3.63) is 191 Å². The molecule has 11 rings (SSSR count). The van der Waals surface area contributed by atoms with E-state index < -0.39 is 0 Å². The molecule has 0 bridgehead atoms. The number of aromatic nitrogens is 1. The number of hydrogen-bond donors (Lipinski definition) is 0. The standard InChI is InChI=1S/C48H38N2S/c1-3-12-34(13-4-1)49-42-19-9-7-16-37(42)39-28-31(22-25-43(39)49)32-23-26-44-40(29-32)41-30-33(24-27-45(41)50(44)35-14-5-2-6-15-35)36-18-11-21-47-48(36)38-17-8-10-20-46(38)51-47/h1-5,7-8,10-14,16-18,20-28,30,40,47-48H,6,9,15,19,29H2. The van der Waals surface area contributed by atoms with Gasteiger partial charge in [-0.3, -0.25) is 0 Å². The van der Waals surface area contributed by atoms with Gasteiger partial charge in [-0.2, -0.15) is 0 Å². The largest absolute Gasteiger partial charge is 0.317 e. The first-order chi connectivity index (χ1) is 25.3. The number of rotatable bonds is 4. The molecule has 1 aromatic heterocycles. The molecule has 0 N–H and O–H groups in total. The Morgan fingerprint density at radius 2 is 1.59 bits per heavy atom. The van der Waals surface area contributed by atoms with Crippen molar-refractivity contribution in [3.63, 3.8) is 0 Å². The van der Waals surface area contributed by atoms with Gasteiger partial charge in [0.15, 0.2) is 0 Å². The van der Waals surface area contributed by atoms with E-state index in [1.54, 1.807) is 0 Å². The SMILES string of the molecule is C1=CCCC(N2C3=CC=C(c4ccc5c(c4)c4c(n5-c5ccccc5)CCC=C4)CC3c3cc(C4=CC=CC5Sc6ccccc6C45)ccc32)=C1. The lowest BCUT2D eigenvalue weighted by atomic mass is 9.80. The van der Waals surface area contributed by atoms with Crippen LogP contribution in [0.15, 0.2) is 162 Å². The Balaban J connectivity index is 1.01. The molecule has 4 aromatic carbocycles. The molecule has 2 nitrogen and oxygen atoms in total. The molecule has 3 unspecified atom stereocenters. The molecule has 2 aliphatic heterocycles. The number of benzene rings is 4. The van der Waals surface area contributed by atoms with Crippen LogP contribution in [-0.4, -0.2) is 9.82 Å². The van der Waals surface area contributed by atoms with Gasteiger partial charge in [-0.1, -0.05) is 97.1 Å². The summed E-state index contributed by atoms with van der Waals surface area (Å²) in [5.74, 6) is 0.704. The van der Waals surface area contributed by atoms with E-state index in [9.17, 15) is 0 Å². The third-order valence-electron chi connectivity index (χ3n) is 11.8. The van der Waals surface area contributed by atoms with Crippen molar-refractivity contribution in [2.24, 2.45) is 0 Å². The molecule has 4 aliphatic carbocycles. The second-order valence-electron chi connectivity index (χ2n) is 14.6. The summed E-state index contributed by atoms with van der Waals surface area (Å²) < 4.78 is 2.49. The summed E-state index contributed by atoms with van der Waals surface area (Å²) in [5, 5.41) is 1.81. The number of para-hydroxylation sites is 1. The van der Waals surface area contributed by atoms with Gasteiger partial charge in [0, 0.05) is 61.4 Å². The Morgan fingerprint density at radius 3 is 2.51 bits per heavy atom. The normalized spacial score (nSPS) is 22.4. The van der Waals surface area contributed by atoms with Crippen molar-refractivity contribution in [1.29, 1.82) is 0 Å². The molecule has 0 saturated carbocycles. The molecule has 5 aromatic rings. The van der Waals surface area contributed by atoms with E-state index in [1.807, 2.05) is 11.8 Å². The summed E-state index contributed by atoms with van der Waals surface area (Å²) in [5.41, 5.74) is 18.0. The van der Waals surface area contributed by atoms with Gasteiger partial charge < -0.3 is 9.47 Å². The molecule has 3 heterocycles. The van der Waals surface area contributed by atoms with Gasteiger partial charge in [0.2, 0.25) is 0 Å². The van der Waals surface area contributed by atoms with Crippen molar-refractivity contribution in [2.75, 3.05) is 4.90 Å². The van der Waals surface area contributed by atoms with Gasteiger partial charge in [-0.05, 0) is 120 Å². The predicted molar refractivity (Wildman–Crippen MR) is 215 cm³/mol. The van der Waals surface area contributed by atoms with Gasteiger partial charge in [0.05, 0.1) is 5.52 Å². The molecule has 0 fully saturated rings. The van der Waals surface area contributed by atoms with E-state index >= 15 is 0 Å². The number of fused-ring (bicyclic) bond motifs is 9. The van der Waals surface area contributed by atoms with E-state index in [0.717, 1.165) is 32.1 Å². The highest BCUT2D eigenvalue weighted by Crippen LogP contribution is 2.56. The third kappa shape index (κ3) is 4.57. The molecule has 0 radical (unpaired) electrons. The Kier molecular flexibility index (Phi) is 6.73. The van der Waals surface area contributed by atoms with Crippen LogP contribution in [0.2, 0.25) is 0 Å². The van der Waals surface area contributed by atoms with Gasteiger partial charge in [0.25, 0.3) is 0 Å². The maximum atomic E-state index is 2.59. The van der Waals surface area contributed by atoms with E-state index in [0.29, 0.717) is 17.1 Å². The fourth-order valence-electron chi connectivity index (χ4n) is 9.53. The number of anilines is 1. The molecule has 246 valence electrons. The molecule has 0 saturated heterocycles. The smallest absolute Gasteiger partial charge is 0.0538 e. The first-order valence-corrected chi connectivity index (χ1v) is 19.4. The maximum Gasteiger partial charge on any atom is 0.0538 e. The number of nitrogens with zero attached hydrogens (tertiary/aromatic N) is 2. The first-order valence-electron chi connectivity index (χ1n) is 18.5. The summed E-state index contributed by atoms with van der Waals surface area (Å²) in [7, 11) is 0. The molecule has 0 amide bonds. The molecular formula is C48H38N2S. The second-order valence-corrected chi connectivity index (χ2v) is 15.8. The summed E-state index contributed by atoms with van der Waals surface area (Å²) >= 11 is 2.02. The fraction of sp³-hybridized carbons (Fsp3) is 0.167. The van der Waals surface area contributed by atoms with Gasteiger partial charge in [-0.25, -0.2) is 0 Å². The molecular weight excluding hydrogens is 637 g/mol. The summed E-state index contributed by atoms with van der Waals surface area (Å²) in [6, 6.07) is 34.5. The Hall–Kier alpha value is -5.25. The minimum absolute atomic E-state index is 0.311. The molecule has 0 spiro atoms. The molecule has 3 atom stereocenters. The first kappa shape index (κ1) is 29.5. The minimum atomic E-state index is 0.311. The number of thioether (sulfide) groups is 1. The van der Waals surface area contributed by atoms with Crippen LogP contribution in [0.3, 0.4) is 0 Å². The maximum absolute atomic E-state index is 2.59. The lowest BCUT2D eigenvalue weighted by Gasteiger charge is -2.29. The van der Waals surface area contributed by atoms with Crippen LogP contribution in [0.25, 0.3) is 33.8 Å². The fourth-order valence-corrected chi connectivity index (χ4v) is 10.9. The van der Waals surface area contributed by atoms with Crippen molar-refractivity contribution in [3.8, 4) is 5.69 Å². The zero-order valence-electron chi connectivity index (χ0n) is 28.5. The van der Waals surface area contributed by atoms with Crippen LogP contribution in [0.1, 0.15) is 71.0 Å². The lowest BCUT2D eigenvalue weighted by molar-refractivity contribution is 0.805. The van der Waals surface area contributed by atoms with Crippen molar-refractivity contribution in [2.45, 2.75) is 54.1 Å². The van der Waals surface area contributed by atoms with E-state index in [2.05, 4.69) is 161 Å². The van der Waals surface area contributed by atoms with Crippen LogP contribution >= 0.6 is 11.8 Å². The average molecular weight is 675 g/mol. The highest BCUT2D eigenvalue weighted by atomic mass is 32.2.